The molecule has 3 aromatic carbocycles. The number of imide groups is 1. The van der Waals surface area contributed by atoms with Crippen LogP contribution in [0.2, 0.25) is 0 Å². The van der Waals surface area contributed by atoms with Crippen LogP contribution in [0.1, 0.15) is 30.8 Å². The molecular formula is C30H23F3N4O3. The van der Waals surface area contributed by atoms with Crippen molar-refractivity contribution < 1.29 is 22.8 Å². The molecule has 3 aliphatic heterocycles. The van der Waals surface area contributed by atoms with E-state index in [1.54, 1.807) is 48.5 Å². The molecule has 4 heterocycles. The third-order valence-corrected chi connectivity index (χ3v) is 8.47. The second-order valence-corrected chi connectivity index (χ2v) is 10.9. The Morgan fingerprint density at radius 2 is 1.52 bits per heavy atom. The zero-order valence-corrected chi connectivity index (χ0v) is 21.4. The highest BCUT2D eigenvalue weighted by Crippen LogP contribution is 2.57. The maximum atomic E-state index is 14.4. The molecule has 4 atom stereocenters. The quantitative estimate of drug-likeness (QED) is 0.379. The van der Waals surface area contributed by atoms with Crippen molar-refractivity contribution in [1.82, 2.24) is 14.9 Å². The highest BCUT2D eigenvalue weighted by molar-refractivity contribution is 6.23. The Bertz CT molecular complexity index is 1810. The number of carbonyl (C=O) groups is 2. The zero-order valence-electron chi connectivity index (χ0n) is 21.4. The van der Waals surface area contributed by atoms with E-state index in [4.69, 9.17) is 4.98 Å². The number of para-hydroxylation sites is 3. The van der Waals surface area contributed by atoms with Crippen molar-refractivity contribution in [2.24, 2.45) is 17.8 Å². The number of nitrogens with zero attached hydrogens (tertiary/aromatic N) is 3. The first-order chi connectivity index (χ1) is 19.1. The molecule has 10 heteroatoms. The van der Waals surface area contributed by atoms with Gasteiger partial charge < -0.3 is 0 Å². The summed E-state index contributed by atoms with van der Waals surface area (Å²) in [5.41, 5.74) is -1.76. The summed E-state index contributed by atoms with van der Waals surface area (Å²) in [4.78, 5) is 47.8. The smallest absolute Gasteiger partial charge is 0.296 e. The number of alkyl halides is 3. The Kier molecular flexibility index (Phi) is 5.01. The minimum atomic E-state index is -4.78. The average Bonchev–Trinajstić information content (AvgIpc) is 3.52. The third-order valence-electron chi connectivity index (χ3n) is 8.47. The number of nitrogens with one attached hydrogen (secondary N) is 1. The fraction of sp³-hybridized carbons (Fsp3) is 0.267. The monoisotopic (exact) mass is 544 g/mol. The molecule has 2 fully saturated rings. The van der Waals surface area contributed by atoms with Gasteiger partial charge in [0, 0.05) is 11.6 Å². The maximum Gasteiger partial charge on any atom is 0.418 e. The minimum Gasteiger partial charge on any atom is -0.296 e. The predicted octanol–water partition coefficient (Wildman–Crippen LogP) is 4.40. The summed E-state index contributed by atoms with van der Waals surface area (Å²) in [6, 6.07) is 18.0. The predicted molar refractivity (Wildman–Crippen MR) is 141 cm³/mol. The van der Waals surface area contributed by atoms with E-state index in [0.29, 0.717) is 27.1 Å². The number of anilines is 1. The molecule has 2 saturated heterocycles. The van der Waals surface area contributed by atoms with Crippen LogP contribution in [0.4, 0.5) is 18.9 Å². The van der Waals surface area contributed by atoms with Crippen molar-refractivity contribution in [1.29, 1.82) is 0 Å². The summed E-state index contributed by atoms with van der Waals surface area (Å²) in [6.45, 7) is 3.78. The van der Waals surface area contributed by atoms with Gasteiger partial charge >= 0.3 is 6.18 Å². The zero-order chi connectivity index (χ0) is 28.1. The maximum absolute atomic E-state index is 14.4. The molecule has 1 aromatic heterocycles. The Morgan fingerprint density at radius 1 is 0.875 bits per heavy atom. The third kappa shape index (κ3) is 2.99. The Morgan fingerprint density at radius 3 is 2.25 bits per heavy atom. The van der Waals surface area contributed by atoms with Crippen LogP contribution in [0.15, 0.2) is 77.6 Å². The van der Waals surface area contributed by atoms with Gasteiger partial charge in [0.25, 0.3) is 5.56 Å². The lowest BCUT2D eigenvalue weighted by molar-refractivity contribution is -0.137. The lowest BCUT2D eigenvalue weighted by Crippen LogP contribution is -2.51. The molecule has 7 rings (SSSR count). The van der Waals surface area contributed by atoms with E-state index < -0.39 is 52.7 Å². The van der Waals surface area contributed by atoms with E-state index in [0.717, 1.165) is 12.1 Å². The standard InChI is InChI=1S/C30H23F3N4O3/c1-15(2)24-22-23(27(40)36(26(22)39)21-14-8-5-11-18(21)30(31,32)33)29(35-24)17-10-4-7-13-20(17)37-25(38)16-9-3-6-12-19(16)34-28(29)37/h3-15,22-24,35H,1-2H3/t22-,23+,24+,29-/m1/s1. The second kappa shape index (κ2) is 8.11. The van der Waals surface area contributed by atoms with Crippen molar-refractivity contribution in [3.63, 3.8) is 0 Å². The van der Waals surface area contributed by atoms with Gasteiger partial charge in [-0.15, -0.1) is 0 Å². The van der Waals surface area contributed by atoms with Crippen molar-refractivity contribution >= 4 is 28.4 Å². The number of halogens is 3. The number of carbonyl (C=O) groups excluding carboxylic acids is 2. The molecular weight excluding hydrogens is 521 g/mol. The molecule has 3 aliphatic rings. The lowest BCUT2D eigenvalue weighted by atomic mass is 9.75. The fourth-order valence-electron chi connectivity index (χ4n) is 6.87. The van der Waals surface area contributed by atoms with Crippen molar-refractivity contribution in [2.75, 3.05) is 4.90 Å². The van der Waals surface area contributed by atoms with Gasteiger partial charge in [-0.05, 0) is 36.2 Å². The fourth-order valence-corrected chi connectivity index (χ4v) is 6.87. The first-order valence-corrected chi connectivity index (χ1v) is 13.0. The number of benzene rings is 3. The molecule has 0 radical (unpaired) electrons. The van der Waals surface area contributed by atoms with Crippen LogP contribution < -0.4 is 15.8 Å². The van der Waals surface area contributed by atoms with Crippen LogP contribution in [0.25, 0.3) is 16.6 Å². The normalized spacial score (nSPS) is 25.2. The summed E-state index contributed by atoms with van der Waals surface area (Å²) < 4.78 is 43.5. The van der Waals surface area contributed by atoms with Crippen LogP contribution in [0.3, 0.4) is 0 Å². The molecule has 7 nitrogen and oxygen atoms in total. The first kappa shape index (κ1) is 24.7. The SMILES string of the molecule is CC(C)[C@@H]1N[C@]2(c3ccccc3-n3c2nc2ccccc2c3=O)[C@@H]2C(=O)N(c3ccccc3C(F)(F)F)C(=O)[C@H]21. The molecule has 1 N–H and O–H groups in total. The van der Waals surface area contributed by atoms with Gasteiger partial charge in [0.15, 0.2) is 0 Å². The van der Waals surface area contributed by atoms with Crippen LogP contribution in [0, 0.1) is 17.8 Å². The lowest BCUT2D eigenvalue weighted by Gasteiger charge is -2.32. The number of hydrogen-bond donors (Lipinski definition) is 1. The largest absolute Gasteiger partial charge is 0.418 e. The molecule has 202 valence electrons. The van der Waals surface area contributed by atoms with E-state index in [2.05, 4.69) is 5.32 Å². The number of aromatic nitrogens is 2. The van der Waals surface area contributed by atoms with Crippen LogP contribution in [-0.2, 0) is 21.3 Å². The molecule has 0 aliphatic carbocycles. The summed E-state index contributed by atoms with van der Waals surface area (Å²) in [6.07, 6.45) is -4.78. The Balaban J connectivity index is 1.53. The highest BCUT2D eigenvalue weighted by atomic mass is 19.4. The molecule has 0 bridgehead atoms. The Hall–Kier alpha value is -4.31. The van der Waals surface area contributed by atoms with Gasteiger partial charge in [-0.25, -0.2) is 9.88 Å². The summed E-state index contributed by atoms with van der Waals surface area (Å²) in [5, 5.41) is 3.93. The molecule has 0 unspecified atom stereocenters. The second-order valence-electron chi connectivity index (χ2n) is 10.9. The minimum absolute atomic E-state index is 0.171. The number of rotatable bonds is 2. The summed E-state index contributed by atoms with van der Waals surface area (Å²) in [7, 11) is 0. The first-order valence-electron chi connectivity index (χ1n) is 13.0. The van der Waals surface area contributed by atoms with E-state index in [9.17, 15) is 27.6 Å². The highest BCUT2D eigenvalue weighted by Gasteiger charge is 2.70. The average molecular weight is 545 g/mol. The van der Waals surface area contributed by atoms with E-state index in [1.165, 1.54) is 16.7 Å². The van der Waals surface area contributed by atoms with E-state index in [1.807, 2.05) is 13.8 Å². The topological polar surface area (TPSA) is 84.3 Å². The van der Waals surface area contributed by atoms with Gasteiger partial charge in [0.05, 0.1) is 39.7 Å². The number of hydrogen-bond acceptors (Lipinski definition) is 5. The van der Waals surface area contributed by atoms with Crippen molar-refractivity contribution in [3.05, 3.63) is 100 Å². The van der Waals surface area contributed by atoms with Gasteiger partial charge in [-0.1, -0.05) is 56.3 Å². The van der Waals surface area contributed by atoms with Crippen LogP contribution >= 0.6 is 0 Å². The Labute approximate surface area is 226 Å². The summed E-state index contributed by atoms with van der Waals surface area (Å²) in [5.74, 6) is -3.48. The van der Waals surface area contributed by atoms with Gasteiger partial charge in [0.1, 0.15) is 11.4 Å². The molecule has 0 saturated carbocycles. The summed E-state index contributed by atoms with van der Waals surface area (Å²) >= 11 is 0. The van der Waals surface area contributed by atoms with Gasteiger partial charge in [-0.3, -0.25) is 24.3 Å². The molecule has 2 amide bonds. The number of fused-ring (bicyclic) bond motifs is 8. The van der Waals surface area contributed by atoms with Crippen LogP contribution in [-0.4, -0.2) is 27.4 Å². The van der Waals surface area contributed by atoms with Crippen molar-refractivity contribution in [3.8, 4) is 5.69 Å². The molecule has 4 aromatic rings. The van der Waals surface area contributed by atoms with Crippen LogP contribution in [0.5, 0.6) is 0 Å². The molecule has 40 heavy (non-hydrogen) atoms. The van der Waals surface area contributed by atoms with Gasteiger partial charge in [-0.2, -0.15) is 13.2 Å². The molecule has 1 spiro atoms. The van der Waals surface area contributed by atoms with Crippen molar-refractivity contribution in [2.45, 2.75) is 31.6 Å². The van der Waals surface area contributed by atoms with E-state index >= 15 is 0 Å². The van der Waals surface area contributed by atoms with Gasteiger partial charge in [0.2, 0.25) is 11.8 Å². The number of amides is 2. The van der Waals surface area contributed by atoms with E-state index in [-0.39, 0.29) is 17.3 Å².